The van der Waals surface area contributed by atoms with Gasteiger partial charge in [-0.25, -0.2) is 4.98 Å². The molecule has 1 aromatic rings. The van der Waals surface area contributed by atoms with Crippen LogP contribution >= 0.6 is 0 Å². The van der Waals surface area contributed by atoms with Gasteiger partial charge in [-0.15, -0.1) is 0 Å². The van der Waals surface area contributed by atoms with E-state index in [-0.39, 0.29) is 35.8 Å². The Balaban J connectivity index is 2.92. The predicted octanol–water partition coefficient (Wildman–Crippen LogP) is 0.533. The summed E-state index contributed by atoms with van der Waals surface area (Å²) in [5.74, 6) is -0.00311. The first-order valence-corrected chi connectivity index (χ1v) is 5.72. The number of nitrogens with one attached hydrogen (secondary N) is 1. The number of carbonyl (C=O) groups is 1. The van der Waals surface area contributed by atoms with Crippen LogP contribution in [-0.4, -0.2) is 35.4 Å². The maximum absolute atomic E-state index is 11.6. The number of hydrogen-bond acceptors (Lipinski definition) is 6. The molecule has 0 aromatic carbocycles. The number of nitrogens with two attached hydrogens (primary N) is 1. The minimum Gasteiger partial charge on any atom is -0.384 e. The normalized spacial score (nSPS) is 10.3. The molecule has 8 heteroatoms. The Morgan fingerprint density at radius 2 is 2.21 bits per heavy atom. The number of pyridine rings is 1. The number of nitrogen functional groups attached to an aromatic ring is 1. The van der Waals surface area contributed by atoms with Crippen LogP contribution in [0.3, 0.4) is 0 Å². The van der Waals surface area contributed by atoms with Gasteiger partial charge in [0.2, 0.25) is 11.7 Å². The van der Waals surface area contributed by atoms with Crippen molar-refractivity contribution < 1.29 is 9.72 Å². The Hall–Kier alpha value is -2.38. The van der Waals surface area contributed by atoms with E-state index in [2.05, 4.69) is 10.3 Å². The zero-order chi connectivity index (χ0) is 14.6. The van der Waals surface area contributed by atoms with E-state index in [1.807, 2.05) is 13.8 Å². The molecule has 3 N–H and O–H groups in total. The summed E-state index contributed by atoms with van der Waals surface area (Å²) in [6, 6.07) is 2.63. The molecule has 0 saturated carbocycles. The average Bonchev–Trinajstić information content (AvgIpc) is 2.26. The highest BCUT2D eigenvalue weighted by atomic mass is 16.6. The van der Waals surface area contributed by atoms with Crippen LogP contribution in [0, 0.1) is 10.1 Å². The van der Waals surface area contributed by atoms with Crippen LogP contribution in [0.25, 0.3) is 0 Å². The van der Waals surface area contributed by atoms with Crippen LogP contribution in [0.2, 0.25) is 0 Å². The van der Waals surface area contributed by atoms with Crippen LogP contribution in [0.5, 0.6) is 0 Å². The molecular formula is C11H17N5O3. The highest BCUT2D eigenvalue weighted by Gasteiger charge is 2.20. The number of nitro groups is 1. The molecule has 0 aliphatic rings. The highest BCUT2D eigenvalue weighted by Crippen LogP contribution is 2.25. The summed E-state index contributed by atoms with van der Waals surface area (Å²) in [7, 11) is 1.55. The summed E-state index contributed by atoms with van der Waals surface area (Å²) >= 11 is 0. The number of hydrogen-bond donors (Lipinski definition) is 2. The first kappa shape index (κ1) is 14.7. The summed E-state index contributed by atoms with van der Waals surface area (Å²) in [5, 5.41) is 13.6. The largest absolute Gasteiger partial charge is 0.384 e. The Labute approximate surface area is 110 Å². The van der Waals surface area contributed by atoms with Gasteiger partial charge in [0.25, 0.3) is 0 Å². The standard InChI is InChI=1S/C11H17N5O3/c1-7(2)13-10(17)6-15(3)11-8(16(18)19)4-5-9(12)14-11/h4-5,7H,6H2,1-3H3,(H2,12,14)(H,13,17). The number of likely N-dealkylation sites (N-methyl/N-ethyl adjacent to an activating group) is 1. The van der Waals surface area contributed by atoms with Crippen LogP contribution in [0.15, 0.2) is 12.1 Å². The highest BCUT2D eigenvalue weighted by molar-refractivity contribution is 5.82. The fraction of sp³-hybridized carbons (Fsp3) is 0.455. The number of rotatable bonds is 5. The molecule has 0 saturated heterocycles. The maximum atomic E-state index is 11.6. The number of aromatic nitrogens is 1. The second kappa shape index (κ2) is 5.98. The van der Waals surface area contributed by atoms with Crippen molar-refractivity contribution in [3.05, 3.63) is 22.2 Å². The summed E-state index contributed by atoms with van der Waals surface area (Å²) in [6.07, 6.45) is 0. The third kappa shape index (κ3) is 4.09. The Bertz CT molecular complexity index is 489. The van der Waals surface area contributed by atoms with E-state index in [0.29, 0.717) is 0 Å². The first-order chi connectivity index (χ1) is 8.81. The maximum Gasteiger partial charge on any atom is 0.311 e. The second-order valence-corrected chi connectivity index (χ2v) is 4.41. The minimum absolute atomic E-state index is 0.00434. The van der Waals surface area contributed by atoms with E-state index in [9.17, 15) is 14.9 Å². The van der Waals surface area contributed by atoms with Gasteiger partial charge < -0.3 is 16.0 Å². The number of anilines is 2. The van der Waals surface area contributed by atoms with Crippen molar-refractivity contribution in [1.29, 1.82) is 0 Å². The first-order valence-electron chi connectivity index (χ1n) is 5.72. The monoisotopic (exact) mass is 267 g/mol. The molecule has 19 heavy (non-hydrogen) atoms. The van der Waals surface area contributed by atoms with E-state index < -0.39 is 4.92 Å². The third-order valence-corrected chi connectivity index (χ3v) is 2.26. The SMILES string of the molecule is CC(C)NC(=O)CN(C)c1nc(N)ccc1[N+](=O)[O-]. The molecule has 1 rings (SSSR count). The Morgan fingerprint density at radius 1 is 1.58 bits per heavy atom. The molecule has 8 nitrogen and oxygen atoms in total. The lowest BCUT2D eigenvalue weighted by Gasteiger charge is -2.18. The molecule has 0 aliphatic carbocycles. The summed E-state index contributed by atoms with van der Waals surface area (Å²) in [6.45, 7) is 3.63. The molecule has 0 spiro atoms. The lowest BCUT2D eigenvalue weighted by Crippen LogP contribution is -2.39. The van der Waals surface area contributed by atoms with E-state index in [0.717, 1.165) is 0 Å². The van der Waals surface area contributed by atoms with E-state index in [1.165, 1.54) is 17.0 Å². The van der Waals surface area contributed by atoms with Gasteiger partial charge in [0.15, 0.2) is 0 Å². The number of carbonyl (C=O) groups excluding carboxylic acids is 1. The zero-order valence-corrected chi connectivity index (χ0v) is 11.1. The molecule has 0 aliphatic heterocycles. The quantitative estimate of drug-likeness (QED) is 0.594. The lowest BCUT2D eigenvalue weighted by atomic mass is 10.3. The molecule has 1 amide bonds. The third-order valence-electron chi connectivity index (χ3n) is 2.26. The summed E-state index contributed by atoms with van der Waals surface area (Å²) < 4.78 is 0. The van der Waals surface area contributed by atoms with Crippen molar-refractivity contribution in [2.75, 3.05) is 24.2 Å². The molecule has 0 radical (unpaired) electrons. The minimum atomic E-state index is -0.557. The van der Waals surface area contributed by atoms with Crippen molar-refractivity contribution in [3.8, 4) is 0 Å². The molecule has 0 unspecified atom stereocenters. The van der Waals surface area contributed by atoms with Crippen LogP contribution in [0.1, 0.15) is 13.8 Å². The van der Waals surface area contributed by atoms with Crippen LogP contribution < -0.4 is 16.0 Å². The van der Waals surface area contributed by atoms with Crippen molar-refractivity contribution >= 4 is 23.2 Å². The molecule has 0 fully saturated rings. The molecule has 0 bridgehead atoms. The molecule has 104 valence electrons. The fourth-order valence-corrected chi connectivity index (χ4v) is 1.54. The van der Waals surface area contributed by atoms with Crippen LogP contribution in [-0.2, 0) is 4.79 Å². The smallest absolute Gasteiger partial charge is 0.311 e. The van der Waals surface area contributed by atoms with E-state index in [4.69, 9.17) is 5.73 Å². The summed E-state index contributed by atoms with van der Waals surface area (Å²) in [5.41, 5.74) is 5.33. The van der Waals surface area contributed by atoms with Gasteiger partial charge >= 0.3 is 5.69 Å². The van der Waals surface area contributed by atoms with E-state index >= 15 is 0 Å². The van der Waals surface area contributed by atoms with Gasteiger partial charge in [-0.1, -0.05) is 0 Å². The van der Waals surface area contributed by atoms with Crippen molar-refractivity contribution in [2.24, 2.45) is 0 Å². The van der Waals surface area contributed by atoms with Crippen molar-refractivity contribution in [3.63, 3.8) is 0 Å². The van der Waals surface area contributed by atoms with Gasteiger partial charge in [0, 0.05) is 19.2 Å². The Kier molecular flexibility index (Phi) is 4.62. The number of nitrogens with zero attached hydrogens (tertiary/aromatic N) is 3. The zero-order valence-electron chi connectivity index (χ0n) is 11.1. The predicted molar refractivity (Wildman–Crippen MR) is 71.9 cm³/mol. The number of amides is 1. The molecule has 1 aromatic heterocycles. The lowest BCUT2D eigenvalue weighted by molar-refractivity contribution is -0.384. The molecule has 1 heterocycles. The summed E-state index contributed by atoms with van der Waals surface area (Å²) in [4.78, 5) is 27.3. The van der Waals surface area contributed by atoms with Gasteiger partial charge in [0.05, 0.1) is 11.5 Å². The van der Waals surface area contributed by atoms with Crippen molar-refractivity contribution in [1.82, 2.24) is 10.3 Å². The topological polar surface area (TPSA) is 114 Å². The van der Waals surface area contributed by atoms with E-state index in [1.54, 1.807) is 7.05 Å². The molecular weight excluding hydrogens is 250 g/mol. The second-order valence-electron chi connectivity index (χ2n) is 4.41. The molecule has 0 atom stereocenters. The average molecular weight is 267 g/mol. The Morgan fingerprint density at radius 3 is 2.74 bits per heavy atom. The van der Waals surface area contributed by atoms with Gasteiger partial charge in [-0.05, 0) is 19.9 Å². The van der Waals surface area contributed by atoms with Crippen molar-refractivity contribution in [2.45, 2.75) is 19.9 Å². The van der Waals surface area contributed by atoms with Gasteiger partial charge in [-0.2, -0.15) is 0 Å². The fourth-order valence-electron chi connectivity index (χ4n) is 1.54. The van der Waals surface area contributed by atoms with Gasteiger partial charge in [0.1, 0.15) is 5.82 Å². The van der Waals surface area contributed by atoms with Gasteiger partial charge in [-0.3, -0.25) is 14.9 Å². The van der Waals surface area contributed by atoms with Crippen LogP contribution in [0.4, 0.5) is 17.3 Å².